The lowest BCUT2D eigenvalue weighted by molar-refractivity contribution is -0.118. The van der Waals surface area contributed by atoms with Gasteiger partial charge >= 0.3 is 0 Å². The van der Waals surface area contributed by atoms with Crippen LogP contribution in [0, 0.1) is 5.92 Å². The zero-order valence-electron chi connectivity index (χ0n) is 15.4. The van der Waals surface area contributed by atoms with E-state index in [1.165, 1.54) is 12.4 Å². The monoisotopic (exact) mass is 370 g/mol. The number of nitrogens with zero attached hydrogens (tertiary/aromatic N) is 3. The molecule has 3 rings (SSSR count). The fraction of sp³-hybridized carbons (Fsp3) is 0.389. The van der Waals surface area contributed by atoms with E-state index in [1.807, 2.05) is 13.8 Å². The van der Waals surface area contributed by atoms with Crippen LogP contribution in [0.2, 0.25) is 0 Å². The Balaban J connectivity index is 1.72. The predicted molar refractivity (Wildman–Crippen MR) is 99.2 cm³/mol. The lowest BCUT2D eigenvalue weighted by Gasteiger charge is -2.28. The first-order valence-corrected chi connectivity index (χ1v) is 8.63. The predicted octanol–water partition coefficient (Wildman–Crippen LogP) is 1.00. The number of aldehydes is 1. The minimum atomic E-state index is -0.493. The van der Waals surface area contributed by atoms with Crippen LogP contribution in [-0.4, -0.2) is 45.7 Å². The number of likely N-dealkylation sites (N-methyl/N-ethyl adjacent to an activating group) is 1. The smallest absolute Gasteiger partial charge is 0.269 e. The summed E-state index contributed by atoms with van der Waals surface area (Å²) in [4.78, 5) is 45.1. The lowest BCUT2D eigenvalue weighted by Crippen LogP contribution is -2.43. The fourth-order valence-electron chi connectivity index (χ4n) is 2.56. The maximum absolute atomic E-state index is 12.0. The Bertz CT molecular complexity index is 841. The third-order valence-electron chi connectivity index (χ3n) is 4.54. The van der Waals surface area contributed by atoms with Crippen LogP contribution in [0.5, 0.6) is 0 Å². The first-order valence-electron chi connectivity index (χ1n) is 8.63. The van der Waals surface area contributed by atoms with Gasteiger partial charge in [-0.1, -0.05) is 0 Å². The summed E-state index contributed by atoms with van der Waals surface area (Å²) in [5.41, 5.74) is 0.167. The van der Waals surface area contributed by atoms with Crippen molar-refractivity contribution in [2.24, 2.45) is 5.92 Å². The molecule has 1 aliphatic heterocycles. The van der Waals surface area contributed by atoms with Crippen LogP contribution >= 0.6 is 0 Å². The zero-order valence-corrected chi connectivity index (χ0v) is 15.4. The summed E-state index contributed by atoms with van der Waals surface area (Å²) in [5, 5.41) is 8.43. The summed E-state index contributed by atoms with van der Waals surface area (Å²) < 4.78 is 0. The van der Waals surface area contributed by atoms with E-state index in [4.69, 9.17) is 0 Å². The van der Waals surface area contributed by atoms with Crippen molar-refractivity contribution >= 4 is 29.7 Å². The van der Waals surface area contributed by atoms with Gasteiger partial charge in [-0.3, -0.25) is 14.4 Å². The van der Waals surface area contributed by atoms with Gasteiger partial charge in [-0.15, -0.1) is 0 Å². The Kier molecular flexibility index (Phi) is 4.93. The first kappa shape index (κ1) is 18.6. The van der Waals surface area contributed by atoms with Gasteiger partial charge in [-0.05, 0) is 38.8 Å². The molecule has 2 aliphatic rings. The number of hydrogen-bond donors (Lipinski definition) is 3. The molecule has 1 aliphatic carbocycles. The number of carbonyl (C=O) groups excluding carboxylic acids is 3. The van der Waals surface area contributed by atoms with Gasteiger partial charge in [0.05, 0.1) is 5.70 Å². The quantitative estimate of drug-likeness (QED) is 0.505. The summed E-state index contributed by atoms with van der Waals surface area (Å²) >= 11 is 0. The number of aromatic nitrogens is 2. The molecular weight excluding hydrogens is 348 g/mol. The third kappa shape index (κ3) is 4.30. The first-order chi connectivity index (χ1) is 12.8. The van der Waals surface area contributed by atoms with Crippen LogP contribution in [0.25, 0.3) is 0 Å². The van der Waals surface area contributed by atoms with Gasteiger partial charge in [0.1, 0.15) is 29.3 Å². The molecule has 2 heterocycles. The highest BCUT2D eigenvalue weighted by atomic mass is 16.2. The second kappa shape index (κ2) is 7.18. The molecule has 9 nitrogen and oxygen atoms in total. The van der Waals surface area contributed by atoms with Gasteiger partial charge in [0, 0.05) is 19.0 Å². The molecular formula is C18H22N6O3. The SMILES string of the molecule is CN1/C(=C\C=C(/C=O)Nc2cc(NC(=O)C3CC3)ncn2)C(=O)NC1(C)C. The van der Waals surface area contributed by atoms with Crippen molar-refractivity contribution < 1.29 is 14.4 Å². The van der Waals surface area contributed by atoms with Crippen LogP contribution in [0.1, 0.15) is 26.7 Å². The molecule has 0 bridgehead atoms. The standard InChI is InChI=1S/C18H22N6O3/c1-18(2)23-17(27)13(24(18)3)7-6-12(9-25)21-14-8-15(20-10-19-14)22-16(26)11-4-5-11/h6-11H,4-5H2,1-3H3,(H,23,27)(H2,19,20,21,22,26)/b12-6+,13-7-. The maximum Gasteiger partial charge on any atom is 0.269 e. The van der Waals surface area contributed by atoms with E-state index in [1.54, 1.807) is 24.1 Å². The van der Waals surface area contributed by atoms with Gasteiger partial charge in [0.2, 0.25) is 5.91 Å². The van der Waals surface area contributed by atoms with Crippen molar-refractivity contribution in [1.29, 1.82) is 0 Å². The maximum atomic E-state index is 12.0. The van der Waals surface area contributed by atoms with Crippen LogP contribution in [0.15, 0.2) is 35.9 Å². The fourth-order valence-corrected chi connectivity index (χ4v) is 2.56. The van der Waals surface area contributed by atoms with Crippen molar-refractivity contribution in [3.8, 4) is 0 Å². The Morgan fingerprint density at radius 3 is 2.52 bits per heavy atom. The number of allylic oxidation sites excluding steroid dienone is 3. The van der Waals surface area contributed by atoms with Crippen molar-refractivity contribution in [2.75, 3.05) is 17.7 Å². The molecule has 3 N–H and O–H groups in total. The third-order valence-corrected chi connectivity index (χ3v) is 4.54. The van der Waals surface area contributed by atoms with Crippen LogP contribution in [0.3, 0.4) is 0 Å². The van der Waals surface area contributed by atoms with Crippen molar-refractivity contribution in [3.63, 3.8) is 0 Å². The number of hydrogen-bond acceptors (Lipinski definition) is 7. The van der Waals surface area contributed by atoms with E-state index in [-0.39, 0.29) is 23.4 Å². The van der Waals surface area contributed by atoms with Crippen molar-refractivity contribution in [1.82, 2.24) is 20.2 Å². The van der Waals surface area contributed by atoms with E-state index in [0.717, 1.165) is 12.8 Å². The van der Waals surface area contributed by atoms with E-state index < -0.39 is 5.66 Å². The normalized spacial score (nSPS) is 20.4. The summed E-state index contributed by atoms with van der Waals surface area (Å²) in [6, 6.07) is 1.54. The number of amides is 2. The highest BCUT2D eigenvalue weighted by Crippen LogP contribution is 2.30. The molecule has 2 fully saturated rings. The van der Waals surface area contributed by atoms with Gasteiger partial charge < -0.3 is 20.9 Å². The highest BCUT2D eigenvalue weighted by Gasteiger charge is 2.37. The molecule has 0 unspecified atom stereocenters. The lowest BCUT2D eigenvalue weighted by atomic mass is 10.2. The van der Waals surface area contributed by atoms with Crippen molar-refractivity contribution in [2.45, 2.75) is 32.4 Å². The molecule has 2 amide bonds. The Hall–Kier alpha value is -3.23. The van der Waals surface area contributed by atoms with Crippen LogP contribution in [-0.2, 0) is 14.4 Å². The van der Waals surface area contributed by atoms with Crippen LogP contribution in [0.4, 0.5) is 11.6 Å². The molecule has 9 heteroatoms. The molecule has 1 aromatic rings. The minimum Gasteiger partial charge on any atom is -0.348 e. The molecule has 0 atom stereocenters. The Morgan fingerprint density at radius 1 is 1.30 bits per heavy atom. The van der Waals surface area contributed by atoms with E-state index in [9.17, 15) is 14.4 Å². The zero-order chi connectivity index (χ0) is 19.6. The van der Waals surface area contributed by atoms with Gasteiger partial charge in [-0.2, -0.15) is 0 Å². The number of anilines is 2. The molecule has 1 aromatic heterocycles. The molecule has 1 saturated carbocycles. The number of nitrogens with one attached hydrogen (secondary N) is 3. The van der Waals surface area contributed by atoms with Gasteiger partial charge in [-0.25, -0.2) is 9.97 Å². The molecule has 0 aromatic carbocycles. The molecule has 0 spiro atoms. The molecule has 27 heavy (non-hydrogen) atoms. The van der Waals surface area contributed by atoms with E-state index in [0.29, 0.717) is 23.6 Å². The Morgan fingerprint density at radius 2 is 1.96 bits per heavy atom. The summed E-state index contributed by atoms with van der Waals surface area (Å²) in [6.07, 6.45) is 6.79. The van der Waals surface area contributed by atoms with Gasteiger partial charge in [0.15, 0.2) is 6.29 Å². The summed E-state index contributed by atoms with van der Waals surface area (Å²) in [7, 11) is 1.80. The summed E-state index contributed by atoms with van der Waals surface area (Å²) in [5.74, 6) is 0.513. The van der Waals surface area contributed by atoms with E-state index >= 15 is 0 Å². The second-order valence-corrected chi connectivity index (χ2v) is 7.04. The Labute approximate surface area is 156 Å². The summed E-state index contributed by atoms with van der Waals surface area (Å²) in [6.45, 7) is 3.76. The molecule has 0 radical (unpaired) electrons. The molecule has 142 valence electrons. The number of rotatable bonds is 6. The van der Waals surface area contributed by atoms with Crippen molar-refractivity contribution in [3.05, 3.63) is 35.9 Å². The van der Waals surface area contributed by atoms with E-state index in [2.05, 4.69) is 25.9 Å². The number of carbonyl (C=O) groups is 3. The highest BCUT2D eigenvalue weighted by molar-refractivity contribution is 5.96. The average Bonchev–Trinajstić information content (AvgIpc) is 3.42. The second-order valence-electron chi connectivity index (χ2n) is 7.04. The molecule has 1 saturated heterocycles. The topological polar surface area (TPSA) is 116 Å². The average molecular weight is 370 g/mol. The van der Waals surface area contributed by atoms with Crippen LogP contribution < -0.4 is 16.0 Å². The van der Waals surface area contributed by atoms with Gasteiger partial charge in [0.25, 0.3) is 5.91 Å². The largest absolute Gasteiger partial charge is 0.348 e. The minimum absolute atomic E-state index is 0.0616.